The second kappa shape index (κ2) is 10.9. The molecule has 8 nitrogen and oxygen atoms in total. The zero-order valence-corrected chi connectivity index (χ0v) is 19.8. The molecule has 3 N–H and O–H groups in total. The zero-order valence-electron chi connectivity index (χ0n) is 19.8. The Morgan fingerprint density at radius 3 is 2.14 bits per heavy atom. The minimum atomic E-state index is -0.640. The summed E-state index contributed by atoms with van der Waals surface area (Å²) in [7, 11) is 1.27. The van der Waals surface area contributed by atoms with E-state index in [4.69, 9.17) is 20.6 Å². The van der Waals surface area contributed by atoms with Gasteiger partial charge in [0.2, 0.25) is 5.91 Å². The number of carbonyl (C=O) groups excluding carboxylic acids is 3. The van der Waals surface area contributed by atoms with Gasteiger partial charge >= 0.3 is 5.97 Å². The van der Waals surface area contributed by atoms with Gasteiger partial charge in [-0.15, -0.1) is 0 Å². The van der Waals surface area contributed by atoms with Crippen LogP contribution in [0.5, 0.6) is 5.75 Å². The average Bonchev–Trinajstić information content (AvgIpc) is 3.22. The first-order chi connectivity index (χ1) is 17.4. The highest BCUT2D eigenvalue weighted by molar-refractivity contribution is 6.07. The summed E-state index contributed by atoms with van der Waals surface area (Å²) in [4.78, 5) is 39.3. The smallest absolute Gasteiger partial charge is 0.306 e. The molecule has 4 rings (SSSR count). The molecule has 0 aliphatic carbocycles. The number of nitrogens with one attached hydrogen (secondary N) is 1. The molecular formula is C28H27N3O5. The van der Waals surface area contributed by atoms with E-state index in [-0.39, 0.29) is 18.9 Å². The van der Waals surface area contributed by atoms with E-state index in [1.165, 1.54) is 12.0 Å². The lowest BCUT2D eigenvalue weighted by Crippen LogP contribution is -2.42. The maximum Gasteiger partial charge on any atom is 0.306 e. The molecule has 8 heteroatoms. The van der Waals surface area contributed by atoms with Gasteiger partial charge in [0, 0.05) is 11.1 Å². The van der Waals surface area contributed by atoms with E-state index in [2.05, 4.69) is 0 Å². The van der Waals surface area contributed by atoms with Crippen LogP contribution in [0.4, 0.5) is 0 Å². The minimum Gasteiger partial charge on any atom is -0.491 e. The van der Waals surface area contributed by atoms with Crippen LogP contribution >= 0.6 is 0 Å². The molecule has 0 spiro atoms. The Bertz CT molecular complexity index is 1260. The standard InChI is InChI=1S/C28H27N3O5/c1-35-25(32)16-22-15-23(31(28(22)34)27(33)21-5-3-2-4-6-21)17-36-24-13-11-19(12-14-24)18-7-9-20(10-8-18)26(29)30/h2-14,22-23H,15-17H2,1H3,(H3,29,30)/t22-,23-/m0/s1. The third kappa shape index (κ3) is 5.43. The number of nitrogens with zero attached hydrogens (tertiary/aromatic N) is 1. The van der Waals surface area contributed by atoms with Crippen LogP contribution in [-0.2, 0) is 14.3 Å². The van der Waals surface area contributed by atoms with Crippen molar-refractivity contribution in [2.75, 3.05) is 13.7 Å². The number of benzene rings is 3. The molecule has 0 bridgehead atoms. The molecule has 3 aromatic carbocycles. The first-order valence-electron chi connectivity index (χ1n) is 11.5. The van der Waals surface area contributed by atoms with Gasteiger partial charge in [0.15, 0.2) is 0 Å². The number of nitrogen functional groups attached to an aromatic ring is 1. The van der Waals surface area contributed by atoms with E-state index < -0.39 is 29.7 Å². The van der Waals surface area contributed by atoms with Gasteiger partial charge in [0.05, 0.1) is 25.5 Å². The van der Waals surface area contributed by atoms with Crippen molar-refractivity contribution < 1.29 is 23.9 Å². The van der Waals surface area contributed by atoms with Crippen LogP contribution in [0.15, 0.2) is 78.9 Å². The molecule has 1 fully saturated rings. The van der Waals surface area contributed by atoms with Crippen LogP contribution in [0.1, 0.15) is 28.8 Å². The summed E-state index contributed by atoms with van der Waals surface area (Å²) in [6.07, 6.45) is 0.231. The van der Waals surface area contributed by atoms with E-state index in [0.717, 1.165) is 11.1 Å². The Hall–Kier alpha value is -4.46. The number of methoxy groups -OCH3 is 1. The molecule has 3 aromatic rings. The molecule has 0 aromatic heterocycles. The van der Waals surface area contributed by atoms with E-state index in [1.807, 2.05) is 36.4 Å². The predicted octanol–water partition coefficient (Wildman–Crippen LogP) is 3.64. The van der Waals surface area contributed by atoms with Crippen molar-refractivity contribution in [1.29, 1.82) is 5.41 Å². The zero-order chi connectivity index (χ0) is 25.7. The number of ether oxygens (including phenoxy) is 2. The molecule has 1 aliphatic heterocycles. The van der Waals surface area contributed by atoms with Gasteiger partial charge in [-0.25, -0.2) is 0 Å². The summed E-state index contributed by atoms with van der Waals surface area (Å²) in [5, 5.41) is 7.51. The number of hydrogen-bond donors (Lipinski definition) is 2. The molecule has 1 saturated heterocycles. The Morgan fingerprint density at radius 2 is 1.56 bits per heavy atom. The summed E-state index contributed by atoms with van der Waals surface area (Å²) in [6.45, 7) is 0.106. The summed E-state index contributed by atoms with van der Waals surface area (Å²) in [5.41, 5.74) is 8.51. The Balaban J connectivity index is 1.47. The van der Waals surface area contributed by atoms with Crippen LogP contribution in [0.3, 0.4) is 0 Å². The van der Waals surface area contributed by atoms with Crippen LogP contribution in [0.2, 0.25) is 0 Å². The van der Waals surface area contributed by atoms with Gasteiger partial charge < -0.3 is 15.2 Å². The fourth-order valence-electron chi connectivity index (χ4n) is 4.27. The van der Waals surface area contributed by atoms with Crippen LogP contribution in [-0.4, -0.2) is 48.3 Å². The van der Waals surface area contributed by atoms with E-state index in [9.17, 15) is 14.4 Å². The van der Waals surface area contributed by atoms with Crippen molar-refractivity contribution in [1.82, 2.24) is 4.90 Å². The second-order valence-electron chi connectivity index (χ2n) is 8.57. The van der Waals surface area contributed by atoms with Crippen molar-refractivity contribution in [3.63, 3.8) is 0 Å². The molecule has 184 valence electrons. The molecule has 2 amide bonds. The monoisotopic (exact) mass is 485 g/mol. The summed E-state index contributed by atoms with van der Waals surface area (Å²) in [6, 6.07) is 22.9. The highest BCUT2D eigenvalue weighted by Gasteiger charge is 2.44. The number of amidine groups is 1. The van der Waals surface area contributed by atoms with Crippen molar-refractivity contribution in [2.45, 2.75) is 18.9 Å². The quantitative estimate of drug-likeness (QED) is 0.217. The Labute approximate surface area is 209 Å². The summed E-state index contributed by atoms with van der Waals surface area (Å²) < 4.78 is 10.7. The fourth-order valence-corrected chi connectivity index (χ4v) is 4.27. The normalized spacial score (nSPS) is 17.0. The van der Waals surface area contributed by atoms with Crippen molar-refractivity contribution in [3.05, 3.63) is 90.0 Å². The molecule has 0 radical (unpaired) electrons. The molecular weight excluding hydrogens is 458 g/mol. The Morgan fingerprint density at radius 1 is 0.944 bits per heavy atom. The maximum atomic E-state index is 13.2. The second-order valence-corrected chi connectivity index (χ2v) is 8.57. The number of esters is 1. The molecule has 2 atom stereocenters. The van der Waals surface area contributed by atoms with Crippen LogP contribution in [0, 0.1) is 11.3 Å². The summed E-state index contributed by atoms with van der Waals surface area (Å²) in [5.74, 6) is -1.33. The molecule has 0 saturated carbocycles. The molecule has 1 aliphatic rings. The number of imide groups is 1. The van der Waals surface area contributed by atoms with Gasteiger partial charge in [0.25, 0.3) is 5.91 Å². The number of rotatable bonds is 8. The first-order valence-corrected chi connectivity index (χ1v) is 11.5. The highest BCUT2D eigenvalue weighted by Crippen LogP contribution is 2.30. The number of hydrogen-bond acceptors (Lipinski definition) is 6. The van der Waals surface area contributed by atoms with Gasteiger partial charge in [-0.3, -0.25) is 24.7 Å². The van der Waals surface area contributed by atoms with Crippen molar-refractivity contribution >= 4 is 23.6 Å². The average molecular weight is 486 g/mol. The fraction of sp³-hybridized carbons (Fsp3) is 0.214. The minimum absolute atomic E-state index is 0.0179. The van der Waals surface area contributed by atoms with Crippen molar-refractivity contribution in [3.8, 4) is 16.9 Å². The van der Waals surface area contributed by atoms with Crippen LogP contribution in [0.25, 0.3) is 11.1 Å². The van der Waals surface area contributed by atoms with Gasteiger partial charge in [-0.05, 0) is 41.8 Å². The number of likely N-dealkylation sites (tertiary alicyclic amines) is 1. The molecule has 36 heavy (non-hydrogen) atoms. The lowest BCUT2D eigenvalue weighted by atomic mass is 10.0. The molecule has 1 heterocycles. The largest absolute Gasteiger partial charge is 0.491 e. The molecule has 0 unspecified atom stereocenters. The van der Waals surface area contributed by atoms with E-state index >= 15 is 0 Å². The number of nitrogens with two attached hydrogens (primary N) is 1. The van der Waals surface area contributed by atoms with E-state index in [1.54, 1.807) is 42.5 Å². The first kappa shape index (κ1) is 24.7. The third-order valence-corrected chi connectivity index (χ3v) is 6.21. The summed E-state index contributed by atoms with van der Waals surface area (Å²) >= 11 is 0. The van der Waals surface area contributed by atoms with Crippen molar-refractivity contribution in [2.24, 2.45) is 11.7 Å². The Kier molecular flexibility index (Phi) is 7.44. The van der Waals surface area contributed by atoms with Gasteiger partial charge in [0.1, 0.15) is 18.2 Å². The topological polar surface area (TPSA) is 123 Å². The lowest BCUT2D eigenvalue weighted by molar-refractivity contribution is -0.144. The third-order valence-electron chi connectivity index (χ3n) is 6.21. The van der Waals surface area contributed by atoms with Gasteiger partial charge in [-0.1, -0.05) is 54.6 Å². The lowest BCUT2D eigenvalue weighted by Gasteiger charge is -2.23. The SMILES string of the molecule is COC(=O)C[C@@H]1C[C@@H](COc2ccc(-c3ccc(C(=N)N)cc3)cc2)N(C(=O)c2ccccc2)C1=O. The van der Waals surface area contributed by atoms with Gasteiger partial charge in [-0.2, -0.15) is 0 Å². The highest BCUT2D eigenvalue weighted by atomic mass is 16.5. The number of carbonyl (C=O) groups is 3. The van der Waals surface area contributed by atoms with E-state index in [0.29, 0.717) is 23.3 Å². The predicted molar refractivity (Wildman–Crippen MR) is 135 cm³/mol. The van der Waals surface area contributed by atoms with Crippen LogP contribution < -0.4 is 10.5 Å². The number of amides is 2. The maximum absolute atomic E-state index is 13.2.